The summed E-state index contributed by atoms with van der Waals surface area (Å²) in [6.45, 7) is 7.87. The van der Waals surface area contributed by atoms with Crippen molar-refractivity contribution >= 4 is 26.5 Å². The minimum absolute atomic E-state index is 0.199. The quantitative estimate of drug-likeness (QED) is 0.772. The van der Waals surface area contributed by atoms with Gasteiger partial charge in [-0.3, -0.25) is 4.72 Å². The number of anilines is 1. The highest BCUT2D eigenvalue weighted by atomic mass is 32.2. The summed E-state index contributed by atoms with van der Waals surface area (Å²) in [6, 6.07) is 6.83. The Morgan fingerprint density at radius 2 is 1.79 bits per heavy atom. The number of thiazole rings is 1. The van der Waals surface area contributed by atoms with Gasteiger partial charge in [0, 0.05) is 5.38 Å². The van der Waals surface area contributed by atoms with Crippen molar-refractivity contribution in [3.63, 3.8) is 0 Å². The molecule has 2 rings (SSSR count). The maximum atomic E-state index is 12.5. The van der Waals surface area contributed by atoms with Crippen LogP contribution in [0.5, 0.6) is 0 Å². The number of nitrogens with zero attached hydrogens (tertiary/aromatic N) is 1. The second-order valence-electron chi connectivity index (χ2n) is 6.11. The lowest BCUT2D eigenvalue weighted by atomic mass is 9.94. The Morgan fingerprint density at radius 1 is 1.21 bits per heavy atom. The van der Waals surface area contributed by atoms with Crippen LogP contribution in [0, 0.1) is 0 Å². The third-order valence-corrected chi connectivity index (χ3v) is 6.47. The molecule has 0 unspecified atom stereocenters. The number of benzene rings is 1. The number of rotatable bonds is 7. The lowest BCUT2D eigenvalue weighted by Crippen LogP contribution is -2.24. The Kier molecular flexibility index (Phi) is 5.67. The summed E-state index contributed by atoms with van der Waals surface area (Å²) >= 11 is 1.18. The summed E-state index contributed by atoms with van der Waals surface area (Å²) in [5, 5.41) is 12.4. The van der Waals surface area contributed by atoms with Crippen LogP contribution < -0.4 is 4.72 Å². The van der Waals surface area contributed by atoms with Gasteiger partial charge in [-0.15, -0.1) is 11.3 Å². The van der Waals surface area contributed by atoms with E-state index in [1.807, 2.05) is 26.0 Å². The number of aromatic nitrogens is 1. The Balaban J connectivity index is 2.22. The standard InChI is InChI=1S/C17H24N2O3S2/c1-5-17(20,6-2)15-11-23-16(18-15)19-24(21,22)14-9-7-13(8-10-14)12(3)4/h7-12,20H,5-6H2,1-4H3,(H,18,19). The van der Waals surface area contributed by atoms with Crippen LogP contribution in [-0.4, -0.2) is 18.5 Å². The molecule has 0 bridgehead atoms. The minimum Gasteiger partial charge on any atom is -0.384 e. The molecule has 2 N–H and O–H groups in total. The summed E-state index contributed by atoms with van der Waals surface area (Å²) in [5.41, 5.74) is 0.575. The number of aliphatic hydroxyl groups is 1. The first-order valence-electron chi connectivity index (χ1n) is 8.03. The monoisotopic (exact) mass is 368 g/mol. The van der Waals surface area contributed by atoms with Crippen molar-refractivity contribution < 1.29 is 13.5 Å². The van der Waals surface area contributed by atoms with Gasteiger partial charge in [0.2, 0.25) is 0 Å². The van der Waals surface area contributed by atoms with Gasteiger partial charge in [0.15, 0.2) is 5.13 Å². The first-order chi connectivity index (χ1) is 11.2. The van der Waals surface area contributed by atoms with Gasteiger partial charge in [-0.2, -0.15) is 0 Å². The Labute approximate surface area is 147 Å². The molecule has 2 aromatic rings. The van der Waals surface area contributed by atoms with E-state index in [-0.39, 0.29) is 10.0 Å². The third-order valence-electron chi connectivity index (χ3n) is 4.23. The highest BCUT2D eigenvalue weighted by Gasteiger charge is 2.28. The molecule has 1 heterocycles. The molecule has 0 saturated heterocycles. The maximum Gasteiger partial charge on any atom is 0.263 e. The van der Waals surface area contributed by atoms with Crippen molar-refractivity contribution in [2.24, 2.45) is 0 Å². The molecule has 1 aromatic heterocycles. The molecular weight excluding hydrogens is 344 g/mol. The normalized spacial score (nSPS) is 12.6. The molecule has 0 aliphatic carbocycles. The van der Waals surface area contributed by atoms with E-state index in [0.717, 1.165) is 5.56 Å². The van der Waals surface area contributed by atoms with Gasteiger partial charge in [0.05, 0.1) is 10.6 Å². The van der Waals surface area contributed by atoms with Crippen molar-refractivity contribution in [1.29, 1.82) is 0 Å². The van der Waals surface area contributed by atoms with E-state index in [4.69, 9.17) is 0 Å². The van der Waals surface area contributed by atoms with Crippen molar-refractivity contribution in [2.75, 3.05) is 4.72 Å². The molecule has 5 nitrogen and oxygen atoms in total. The highest BCUT2D eigenvalue weighted by Crippen LogP contribution is 2.31. The second kappa shape index (κ2) is 7.21. The van der Waals surface area contributed by atoms with Crippen LogP contribution in [0.4, 0.5) is 5.13 Å². The highest BCUT2D eigenvalue weighted by molar-refractivity contribution is 7.93. The van der Waals surface area contributed by atoms with Crippen molar-refractivity contribution in [3.05, 3.63) is 40.9 Å². The van der Waals surface area contributed by atoms with Gasteiger partial charge >= 0.3 is 0 Å². The van der Waals surface area contributed by atoms with E-state index in [9.17, 15) is 13.5 Å². The van der Waals surface area contributed by atoms with E-state index >= 15 is 0 Å². The molecule has 0 saturated carbocycles. The molecule has 24 heavy (non-hydrogen) atoms. The van der Waals surface area contributed by atoms with Crippen molar-refractivity contribution in [2.45, 2.75) is 57.0 Å². The Bertz CT molecular complexity index is 776. The van der Waals surface area contributed by atoms with E-state index in [0.29, 0.717) is 24.5 Å². The second-order valence-corrected chi connectivity index (χ2v) is 8.65. The number of sulfonamides is 1. The first kappa shape index (κ1) is 18.9. The molecular formula is C17H24N2O3S2. The predicted molar refractivity (Wildman–Crippen MR) is 97.9 cm³/mol. The predicted octanol–water partition coefficient (Wildman–Crippen LogP) is 4.07. The summed E-state index contributed by atoms with van der Waals surface area (Å²) in [5.74, 6) is 0.344. The van der Waals surface area contributed by atoms with Gasteiger partial charge < -0.3 is 5.11 Å². The lowest BCUT2D eigenvalue weighted by Gasteiger charge is -2.22. The number of nitrogens with one attached hydrogen (secondary N) is 1. The van der Waals surface area contributed by atoms with Gasteiger partial charge in [-0.05, 0) is 36.5 Å². The van der Waals surface area contributed by atoms with Gasteiger partial charge in [0.25, 0.3) is 10.0 Å². The zero-order chi connectivity index (χ0) is 18.0. The SMILES string of the molecule is CCC(O)(CC)c1csc(NS(=O)(=O)c2ccc(C(C)C)cc2)n1. The molecule has 1 aromatic carbocycles. The molecule has 0 radical (unpaired) electrons. The molecule has 0 aliphatic rings. The average Bonchev–Trinajstić information content (AvgIpc) is 3.02. The fourth-order valence-electron chi connectivity index (χ4n) is 2.35. The van der Waals surface area contributed by atoms with E-state index in [1.165, 1.54) is 11.3 Å². The molecule has 0 spiro atoms. The van der Waals surface area contributed by atoms with Crippen LogP contribution in [0.15, 0.2) is 34.5 Å². The summed E-state index contributed by atoms with van der Waals surface area (Å²) in [4.78, 5) is 4.46. The molecule has 132 valence electrons. The molecule has 7 heteroatoms. The van der Waals surface area contributed by atoms with Gasteiger partial charge in [-0.25, -0.2) is 13.4 Å². The summed E-state index contributed by atoms with van der Waals surface area (Å²) < 4.78 is 27.4. The lowest BCUT2D eigenvalue weighted by molar-refractivity contribution is 0.0247. The zero-order valence-electron chi connectivity index (χ0n) is 14.4. The fourth-order valence-corrected chi connectivity index (χ4v) is 4.41. The number of hydrogen-bond acceptors (Lipinski definition) is 5. The zero-order valence-corrected chi connectivity index (χ0v) is 16.0. The topological polar surface area (TPSA) is 79.3 Å². The molecule has 0 atom stereocenters. The molecule has 0 aliphatic heterocycles. The minimum atomic E-state index is -3.69. The van der Waals surface area contributed by atoms with Gasteiger partial charge in [0.1, 0.15) is 5.60 Å². The summed E-state index contributed by atoms with van der Waals surface area (Å²) in [7, 11) is -3.69. The average molecular weight is 369 g/mol. The number of hydrogen-bond donors (Lipinski definition) is 2. The van der Waals surface area contributed by atoms with E-state index < -0.39 is 15.6 Å². The van der Waals surface area contributed by atoms with Crippen LogP contribution >= 0.6 is 11.3 Å². The third kappa shape index (κ3) is 3.96. The van der Waals surface area contributed by atoms with Crippen LogP contribution in [0.25, 0.3) is 0 Å². The van der Waals surface area contributed by atoms with Crippen LogP contribution in [0.3, 0.4) is 0 Å². The smallest absolute Gasteiger partial charge is 0.263 e. The van der Waals surface area contributed by atoms with Crippen molar-refractivity contribution in [3.8, 4) is 0 Å². The van der Waals surface area contributed by atoms with Crippen molar-refractivity contribution in [1.82, 2.24) is 4.98 Å². The Hall–Kier alpha value is -1.44. The van der Waals surface area contributed by atoms with E-state index in [1.54, 1.807) is 17.5 Å². The van der Waals surface area contributed by atoms with Crippen LogP contribution in [0.1, 0.15) is 57.7 Å². The summed E-state index contributed by atoms with van der Waals surface area (Å²) in [6.07, 6.45) is 1.05. The van der Waals surface area contributed by atoms with Crippen LogP contribution in [0.2, 0.25) is 0 Å². The van der Waals surface area contributed by atoms with E-state index in [2.05, 4.69) is 23.6 Å². The van der Waals surface area contributed by atoms with Gasteiger partial charge in [-0.1, -0.05) is 39.8 Å². The Morgan fingerprint density at radius 3 is 2.29 bits per heavy atom. The molecule has 0 fully saturated rings. The largest absolute Gasteiger partial charge is 0.384 e. The fraction of sp³-hybridized carbons (Fsp3) is 0.471. The first-order valence-corrected chi connectivity index (χ1v) is 10.4. The van der Waals surface area contributed by atoms with Crippen LogP contribution in [-0.2, 0) is 15.6 Å². The molecule has 0 amide bonds. The maximum absolute atomic E-state index is 12.5.